The van der Waals surface area contributed by atoms with Crippen LogP contribution in [0.25, 0.3) is 0 Å². The van der Waals surface area contributed by atoms with E-state index in [4.69, 9.17) is 16.2 Å². The van der Waals surface area contributed by atoms with Crippen molar-refractivity contribution in [2.75, 3.05) is 18.9 Å². The first-order valence-corrected chi connectivity index (χ1v) is 6.28. The van der Waals surface area contributed by atoms with E-state index in [1.807, 2.05) is 26.0 Å². The van der Waals surface area contributed by atoms with Gasteiger partial charge in [-0.3, -0.25) is 4.79 Å². The van der Waals surface area contributed by atoms with Gasteiger partial charge in [-0.2, -0.15) is 0 Å². The molecule has 1 aromatic rings. The Bertz CT molecular complexity index is 389. The van der Waals surface area contributed by atoms with Crippen molar-refractivity contribution >= 4 is 11.7 Å². The average molecular weight is 250 g/mol. The summed E-state index contributed by atoms with van der Waals surface area (Å²) in [7, 11) is 0. The smallest absolute Gasteiger partial charge is 0.316 e. The minimum atomic E-state index is -0.650. The molecule has 1 rings (SSSR count). The van der Waals surface area contributed by atoms with Crippen LogP contribution in [-0.4, -0.2) is 19.1 Å². The summed E-state index contributed by atoms with van der Waals surface area (Å²) in [6, 6.07) is 7.36. The van der Waals surface area contributed by atoms with E-state index in [0.29, 0.717) is 25.3 Å². The highest BCUT2D eigenvalue weighted by molar-refractivity contribution is 5.82. The quantitative estimate of drug-likeness (QED) is 0.596. The normalized spacial score (nSPS) is 13.9. The summed E-state index contributed by atoms with van der Waals surface area (Å²) in [6.07, 6.45) is 1.45. The first-order chi connectivity index (χ1) is 8.54. The molecular weight excluding hydrogens is 228 g/mol. The van der Waals surface area contributed by atoms with Crippen molar-refractivity contribution in [3.63, 3.8) is 0 Å². The molecule has 0 spiro atoms. The zero-order chi connectivity index (χ0) is 13.6. The average Bonchev–Trinajstić information content (AvgIpc) is 2.37. The molecular formula is C14H22N2O2. The molecule has 0 aliphatic rings. The zero-order valence-electron chi connectivity index (χ0n) is 11.1. The van der Waals surface area contributed by atoms with Gasteiger partial charge >= 0.3 is 5.97 Å². The van der Waals surface area contributed by atoms with Gasteiger partial charge in [-0.1, -0.05) is 12.1 Å². The Kier molecular flexibility index (Phi) is 5.16. The fourth-order valence-corrected chi connectivity index (χ4v) is 1.96. The first kappa shape index (κ1) is 14.5. The van der Waals surface area contributed by atoms with Gasteiger partial charge < -0.3 is 16.2 Å². The van der Waals surface area contributed by atoms with E-state index in [-0.39, 0.29) is 5.97 Å². The Hall–Kier alpha value is -1.55. The lowest BCUT2D eigenvalue weighted by atomic mass is 9.78. The highest BCUT2D eigenvalue weighted by Crippen LogP contribution is 2.31. The molecule has 0 amide bonds. The summed E-state index contributed by atoms with van der Waals surface area (Å²) < 4.78 is 5.18. The van der Waals surface area contributed by atoms with Crippen molar-refractivity contribution in [2.24, 2.45) is 5.73 Å². The Morgan fingerprint density at radius 2 is 1.94 bits per heavy atom. The molecule has 1 aromatic carbocycles. The second-order valence-corrected chi connectivity index (χ2v) is 4.57. The molecule has 0 aromatic heterocycles. The number of benzene rings is 1. The monoisotopic (exact) mass is 250 g/mol. The lowest BCUT2D eigenvalue weighted by Gasteiger charge is -2.27. The van der Waals surface area contributed by atoms with Crippen LogP contribution in [0.15, 0.2) is 24.3 Å². The summed E-state index contributed by atoms with van der Waals surface area (Å²) in [5, 5.41) is 0. The molecule has 1 unspecified atom stereocenters. The van der Waals surface area contributed by atoms with Crippen molar-refractivity contribution in [3.8, 4) is 0 Å². The van der Waals surface area contributed by atoms with Gasteiger partial charge in [0.05, 0.1) is 12.0 Å². The number of carbonyl (C=O) groups is 1. The molecule has 0 saturated heterocycles. The molecule has 0 aliphatic carbocycles. The molecule has 18 heavy (non-hydrogen) atoms. The molecule has 0 fully saturated rings. The molecule has 0 heterocycles. The second-order valence-electron chi connectivity index (χ2n) is 4.57. The third kappa shape index (κ3) is 3.23. The summed E-state index contributed by atoms with van der Waals surface area (Å²) in [5.41, 5.74) is 12.2. The van der Waals surface area contributed by atoms with Crippen LogP contribution in [0.1, 0.15) is 32.3 Å². The van der Waals surface area contributed by atoms with Gasteiger partial charge in [-0.25, -0.2) is 0 Å². The number of carbonyl (C=O) groups excluding carboxylic acids is 1. The molecule has 100 valence electrons. The molecule has 0 bridgehead atoms. The highest BCUT2D eigenvalue weighted by atomic mass is 16.5. The Morgan fingerprint density at radius 3 is 2.44 bits per heavy atom. The lowest BCUT2D eigenvalue weighted by Crippen LogP contribution is -2.35. The molecule has 0 saturated carbocycles. The van der Waals surface area contributed by atoms with Gasteiger partial charge in [0.2, 0.25) is 0 Å². The summed E-state index contributed by atoms with van der Waals surface area (Å²) in [4.78, 5) is 12.2. The van der Waals surface area contributed by atoms with E-state index < -0.39 is 5.41 Å². The van der Waals surface area contributed by atoms with Crippen LogP contribution in [0.4, 0.5) is 5.69 Å². The molecule has 4 nitrogen and oxygen atoms in total. The van der Waals surface area contributed by atoms with Crippen LogP contribution < -0.4 is 11.5 Å². The molecule has 4 heteroatoms. The van der Waals surface area contributed by atoms with Crippen LogP contribution in [0, 0.1) is 0 Å². The topological polar surface area (TPSA) is 78.3 Å². The lowest BCUT2D eigenvalue weighted by molar-refractivity contribution is -0.149. The predicted molar refractivity (Wildman–Crippen MR) is 73.1 cm³/mol. The first-order valence-electron chi connectivity index (χ1n) is 6.28. The van der Waals surface area contributed by atoms with Crippen molar-refractivity contribution in [1.82, 2.24) is 0 Å². The maximum atomic E-state index is 12.2. The molecule has 0 aliphatic heterocycles. The number of esters is 1. The van der Waals surface area contributed by atoms with Crippen molar-refractivity contribution in [3.05, 3.63) is 29.8 Å². The molecule has 0 radical (unpaired) electrons. The number of ether oxygens (including phenoxy) is 1. The maximum absolute atomic E-state index is 12.2. The van der Waals surface area contributed by atoms with Crippen LogP contribution >= 0.6 is 0 Å². The van der Waals surface area contributed by atoms with Crippen molar-refractivity contribution in [1.29, 1.82) is 0 Å². The van der Waals surface area contributed by atoms with E-state index in [1.54, 1.807) is 12.1 Å². The largest absolute Gasteiger partial charge is 0.465 e. The fourth-order valence-electron chi connectivity index (χ4n) is 1.96. The van der Waals surface area contributed by atoms with Crippen molar-refractivity contribution < 1.29 is 9.53 Å². The highest BCUT2D eigenvalue weighted by Gasteiger charge is 2.35. The summed E-state index contributed by atoms with van der Waals surface area (Å²) in [5.74, 6) is -0.205. The zero-order valence-corrected chi connectivity index (χ0v) is 11.1. The summed E-state index contributed by atoms with van der Waals surface area (Å²) in [6.45, 7) is 4.65. The number of nitrogen functional groups attached to an aromatic ring is 1. The van der Waals surface area contributed by atoms with Crippen LogP contribution in [0.5, 0.6) is 0 Å². The minimum Gasteiger partial charge on any atom is -0.465 e. The van der Waals surface area contributed by atoms with E-state index in [0.717, 1.165) is 12.0 Å². The van der Waals surface area contributed by atoms with Crippen LogP contribution in [0.2, 0.25) is 0 Å². The number of nitrogens with two attached hydrogens (primary N) is 2. The Labute approximate surface area is 108 Å². The predicted octanol–water partition coefficient (Wildman–Crippen LogP) is 1.83. The minimum absolute atomic E-state index is 0.205. The van der Waals surface area contributed by atoms with Gasteiger partial charge in [0.15, 0.2) is 0 Å². The molecule has 4 N–H and O–H groups in total. The van der Waals surface area contributed by atoms with Gasteiger partial charge in [0.1, 0.15) is 0 Å². The third-order valence-corrected chi connectivity index (χ3v) is 3.15. The Morgan fingerprint density at radius 1 is 1.33 bits per heavy atom. The van der Waals surface area contributed by atoms with E-state index in [1.165, 1.54) is 0 Å². The van der Waals surface area contributed by atoms with Gasteiger partial charge in [0.25, 0.3) is 0 Å². The molecule has 1 atom stereocenters. The van der Waals surface area contributed by atoms with E-state index in [9.17, 15) is 4.79 Å². The standard InChI is InChI=1S/C14H22N2O2/c1-3-18-13(17)14(2,9-4-10-15)11-5-7-12(16)8-6-11/h5-8H,3-4,9-10,15-16H2,1-2H3. The van der Waals surface area contributed by atoms with E-state index in [2.05, 4.69) is 0 Å². The third-order valence-electron chi connectivity index (χ3n) is 3.15. The van der Waals surface area contributed by atoms with Gasteiger partial charge in [-0.15, -0.1) is 0 Å². The van der Waals surface area contributed by atoms with Crippen molar-refractivity contribution in [2.45, 2.75) is 32.1 Å². The summed E-state index contributed by atoms with van der Waals surface area (Å²) >= 11 is 0. The maximum Gasteiger partial charge on any atom is 0.316 e. The van der Waals surface area contributed by atoms with Crippen LogP contribution in [0.3, 0.4) is 0 Å². The Balaban J connectivity index is 3.02. The number of hydrogen-bond donors (Lipinski definition) is 2. The van der Waals surface area contributed by atoms with Gasteiger partial charge in [0, 0.05) is 5.69 Å². The SMILES string of the molecule is CCOC(=O)C(C)(CCCN)c1ccc(N)cc1. The number of hydrogen-bond acceptors (Lipinski definition) is 4. The van der Waals surface area contributed by atoms with Gasteiger partial charge in [-0.05, 0) is 50.9 Å². The fraction of sp³-hybridized carbons (Fsp3) is 0.500. The van der Waals surface area contributed by atoms with E-state index >= 15 is 0 Å². The van der Waals surface area contributed by atoms with Crippen LogP contribution in [-0.2, 0) is 14.9 Å². The number of rotatable bonds is 6. The number of anilines is 1. The second kappa shape index (κ2) is 6.40.